The SMILES string of the molecule is CN(Cc1ccc(C(F)(F)F)cc1)C(=O)C1CCCO1. The van der Waals surface area contributed by atoms with Crippen LogP contribution < -0.4 is 0 Å². The van der Waals surface area contributed by atoms with Crippen LogP contribution in [0.25, 0.3) is 0 Å². The summed E-state index contributed by atoms with van der Waals surface area (Å²) in [4.78, 5) is 13.5. The fourth-order valence-corrected chi connectivity index (χ4v) is 2.17. The zero-order valence-electron chi connectivity index (χ0n) is 11.1. The van der Waals surface area contributed by atoms with E-state index in [0.29, 0.717) is 18.6 Å². The average molecular weight is 287 g/mol. The Morgan fingerprint density at radius 3 is 2.50 bits per heavy atom. The second-order valence-corrected chi connectivity index (χ2v) is 4.89. The highest BCUT2D eigenvalue weighted by Gasteiger charge is 2.30. The summed E-state index contributed by atoms with van der Waals surface area (Å²) in [5.41, 5.74) is -0.0267. The van der Waals surface area contributed by atoms with Crippen LogP contribution >= 0.6 is 0 Å². The van der Waals surface area contributed by atoms with Crippen LogP contribution in [-0.2, 0) is 22.3 Å². The van der Waals surface area contributed by atoms with E-state index in [1.807, 2.05) is 0 Å². The van der Waals surface area contributed by atoms with Gasteiger partial charge < -0.3 is 9.64 Å². The third kappa shape index (κ3) is 3.50. The molecule has 1 fully saturated rings. The van der Waals surface area contributed by atoms with Gasteiger partial charge in [0.05, 0.1) is 5.56 Å². The van der Waals surface area contributed by atoms with Crippen molar-refractivity contribution < 1.29 is 22.7 Å². The number of hydrogen-bond acceptors (Lipinski definition) is 2. The minimum absolute atomic E-state index is 0.123. The number of halogens is 3. The van der Waals surface area contributed by atoms with Crippen molar-refractivity contribution in [3.8, 4) is 0 Å². The van der Waals surface area contributed by atoms with E-state index in [1.165, 1.54) is 17.0 Å². The van der Waals surface area contributed by atoms with E-state index in [1.54, 1.807) is 7.05 Å². The molecule has 2 rings (SSSR count). The van der Waals surface area contributed by atoms with E-state index in [0.717, 1.165) is 18.6 Å². The van der Waals surface area contributed by atoms with Gasteiger partial charge in [-0.05, 0) is 30.5 Å². The molecule has 1 amide bonds. The van der Waals surface area contributed by atoms with Crippen molar-refractivity contribution in [1.29, 1.82) is 0 Å². The van der Waals surface area contributed by atoms with Crippen LogP contribution in [-0.4, -0.2) is 30.6 Å². The number of benzene rings is 1. The van der Waals surface area contributed by atoms with E-state index >= 15 is 0 Å². The summed E-state index contributed by atoms with van der Waals surface area (Å²) < 4.78 is 42.6. The molecule has 0 spiro atoms. The lowest BCUT2D eigenvalue weighted by molar-refractivity contribution is -0.140. The van der Waals surface area contributed by atoms with E-state index in [-0.39, 0.29) is 12.5 Å². The second kappa shape index (κ2) is 5.83. The Balaban J connectivity index is 1.97. The largest absolute Gasteiger partial charge is 0.416 e. The van der Waals surface area contributed by atoms with Gasteiger partial charge in [0.1, 0.15) is 6.10 Å². The van der Waals surface area contributed by atoms with Gasteiger partial charge in [0.2, 0.25) is 0 Å². The van der Waals surface area contributed by atoms with Gasteiger partial charge >= 0.3 is 6.18 Å². The number of hydrogen-bond donors (Lipinski definition) is 0. The van der Waals surface area contributed by atoms with Crippen molar-refractivity contribution in [2.24, 2.45) is 0 Å². The molecule has 20 heavy (non-hydrogen) atoms. The standard InChI is InChI=1S/C14H16F3NO2/c1-18(13(19)12-3-2-8-20-12)9-10-4-6-11(7-5-10)14(15,16)17/h4-7,12H,2-3,8-9H2,1H3. The van der Waals surface area contributed by atoms with Crippen molar-refractivity contribution in [3.63, 3.8) is 0 Å². The lowest BCUT2D eigenvalue weighted by Gasteiger charge is -2.20. The highest BCUT2D eigenvalue weighted by Crippen LogP contribution is 2.29. The van der Waals surface area contributed by atoms with E-state index < -0.39 is 17.8 Å². The Labute approximate surface area is 115 Å². The van der Waals surface area contributed by atoms with Gasteiger partial charge in [0.25, 0.3) is 5.91 Å². The van der Waals surface area contributed by atoms with Crippen molar-refractivity contribution >= 4 is 5.91 Å². The third-order valence-electron chi connectivity index (χ3n) is 3.28. The molecule has 1 aromatic carbocycles. The fourth-order valence-electron chi connectivity index (χ4n) is 2.17. The predicted molar refractivity (Wildman–Crippen MR) is 66.9 cm³/mol. The highest BCUT2D eigenvalue weighted by molar-refractivity contribution is 5.80. The molecule has 1 aliphatic rings. The first-order chi connectivity index (χ1) is 9.38. The second-order valence-electron chi connectivity index (χ2n) is 4.89. The van der Waals surface area contributed by atoms with Crippen LogP contribution in [0, 0.1) is 0 Å². The lowest BCUT2D eigenvalue weighted by atomic mass is 10.1. The van der Waals surface area contributed by atoms with Crippen LogP contribution in [0.2, 0.25) is 0 Å². The Bertz CT molecular complexity index is 464. The maximum atomic E-state index is 12.4. The maximum absolute atomic E-state index is 12.4. The first kappa shape index (κ1) is 14.8. The molecule has 0 bridgehead atoms. The molecule has 110 valence electrons. The van der Waals surface area contributed by atoms with Crippen LogP contribution in [0.15, 0.2) is 24.3 Å². The average Bonchev–Trinajstić information content (AvgIpc) is 2.91. The number of alkyl halides is 3. The summed E-state index contributed by atoms with van der Waals surface area (Å²) in [7, 11) is 1.63. The molecule has 1 unspecified atom stereocenters. The van der Waals surface area contributed by atoms with Gasteiger partial charge in [0, 0.05) is 20.2 Å². The first-order valence-electron chi connectivity index (χ1n) is 6.40. The number of likely N-dealkylation sites (N-methyl/N-ethyl adjacent to an activating group) is 1. The molecule has 1 aromatic rings. The molecule has 1 saturated heterocycles. The molecule has 0 radical (unpaired) electrons. The van der Waals surface area contributed by atoms with E-state index in [9.17, 15) is 18.0 Å². The number of rotatable bonds is 3. The molecule has 0 aromatic heterocycles. The summed E-state index contributed by atoms with van der Waals surface area (Å²) >= 11 is 0. The monoisotopic (exact) mass is 287 g/mol. The Kier molecular flexibility index (Phi) is 4.32. The van der Waals surface area contributed by atoms with Gasteiger partial charge in [-0.3, -0.25) is 4.79 Å². The molecule has 1 aliphatic heterocycles. The van der Waals surface area contributed by atoms with E-state index in [4.69, 9.17) is 4.74 Å². The van der Waals surface area contributed by atoms with Crippen molar-refractivity contribution in [2.45, 2.75) is 31.7 Å². The normalized spacial score (nSPS) is 19.1. The summed E-state index contributed by atoms with van der Waals surface area (Å²) in [5, 5.41) is 0. The van der Waals surface area contributed by atoms with Crippen LogP contribution in [0.4, 0.5) is 13.2 Å². The summed E-state index contributed by atoms with van der Waals surface area (Å²) in [6.07, 6.45) is -3.17. The number of carbonyl (C=O) groups is 1. The topological polar surface area (TPSA) is 29.5 Å². The van der Waals surface area contributed by atoms with Crippen LogP contribution in [0.1, 0.15) is 24.0 Å². The van der Waals surface area contributed by atoms with Crippen molar-refractivity contribution in [2.75, 3.05) is 13.7 Å². The van der Waals surface area contributed by atoms with Gasteiger partial charge in [-0.1, -0.05) is 12.1 Å². The third-order valence-corrected chi connectivity index (χ3v) is 3.28. The quantitative estimate of drug-likeness (QED) is 0.855. The van der Waals surface area contributed by atoms with Crippen LogP contribution in [0.5, 0.6) is 0 Å². The lowest BCUT2D eigenvalue weighted by Crippen LogP contribution is -2.35. The van der Waals surface area contributed by atoms with Crippen molar-refractivity contribution in [1.82, 2.24) is 4.90 Å². The zero-order chi connectivity index (χ0) is 14.8. The molecule has 0 saturated carbocycles. The predicted octanol–water partition coefficient (Wildman–Crippen LogP) is 2.84. The molecule has 3 nitrogen and oxygen atoms in total. The molecule has 1 atom stereocenters. The number of ether oxygens (including phenoxy) is 1. The minimum Gasteiger partial charge on any atom is -0.368 e. The molecule has 1 heterocycles. The summed E-state index contributed by atoms with van der Waals surface area (Å²) in [6.45, 7) is 0.862. The molecular formula is C14H16F3NO2. The highest BCUT2D eigenvalue weighted by atomic mass is 19.4. The maximum Gasteiger partial charge on any atom is 0.416 e. The van der Waals surface area contributed by atoms with Crippen molar-refractivity contribution in [3.05, 3.63) is 35.4 Å². The Hall–Kier alpha value is -1.56. The number of nitrogens with zero attached hydrogens (tertiary/aromatic N) is 1. The first-order valence-corrected chi connectivity index (χ1v) is 6.40. The van der Waals surface area contributed by atoms with Crippen LogP contribution in [0.3, 0.4) is 0 Å². The van der Waals surface area contributed by atoms with Gasteiger partial charge in [-0.25, -0.2) is 0 Å². The minimum atomic E-state index is -4.34. The Morgan fingerprint density at radius 2 is 2.00 bits per heavy atom. The number of carbonyl (C=O) groups excluding carboxylic acids is 1. The molecule has 0 N–H and O–H groups in total. The smallest absolute Gasteiger partial charge is 0.368 e. The summed E-state index contributed by atoms with van der Waals surface area (Å²) in [6, 6.07) is 4.84. The molecule has 6 heteroatoms. The van der Waals surface area contributed by atoms with Gasteiger partial charge in [0.15, 0.2) is 0 Å². The van der Waals surface area contributed by atoms with Gasteiger partial charge in [-0.15, -0.1) is 0 Å². The molecular weight excluding hydrogens is 271 g/mol. The molecule has 0 aliphatic carbocycles. The summed E-state index contributed by atoms with van der Waals surface area (Å²) in [5.74, 6) is -0.123. The van der Waals surface area contributed by atoms with Gasteiger partial charge in [-0.2, -0.15) is 13.2 Å². The van der Waals surface area contributed by atoms with E-state index in [2.05, 4.69) is 0 Å². The Morgan fingerprint density at radius 1 is 1.35 bits per heavy atom. The number of amides is 1. The fraction of sp³-hybridized carbons (Fsp3) is 0.500. The zero-order valence-corrected chi connectivity index (χ0v) is 11.1.